The Morgan fingerprint density at radius 1 is 1.59 bits per heavy atom. The molecular weight excluding hydrogens is 220 g/mol. The number of ether oxygens (including phenoxy) is 1. The van der Waals surface area contributed by atoms with Gasteiger partial charge in [-0.15, -0.1) is 0 Å². The van der Waals surface area contributed by atoms with Crippen molar-refractivity contribution in [2.75, 3.05) is 6.61 Å². The molecule has 0 amide bonds. The summed E-state index contributed by atoms with van der Waals surface area (Å²) in [4.78, 5) is 22.3. The second kappa shape index (κ2) is 6.18. The molecular formula is C12H18N2O3. The predicted octanol–water partition coefficient (Wildman–Crippen LogP) is 1.92. The van der Waals surface area contributed by atoms with Crippen molar-refractivity contribution < 1.29 is 14.3 Å². The van der Waals surface area contributed by atoms with E-state index in [1.54, 1.807) is 17.8 Å². The Morgan fingerprint density at radius 2 is 2.29 bits per heavy atom. The van der Waals surface area contributed by atoms with Crippen LogP contribution in [0.4, 0.5) is 0 Å². The normalized spacial score (nSPS) is 10.6. The van der Waals surface area contributed by atoms with Crippen molar-refractivity contribution in [3.8, 4) is 0 Å². The van der Waals surface area contributed by atoms with Gasteiger partial charge in [-0.05, 0) is 19.3 Å². The zero-order valence-electron chi connectivity index (χ0n) is 10.5. The largest absolute Gasteiger partial charge is 0.461 e. The second-order valence-electron chi connectivity index (χ2n) is 4.22. The zero-order chi connectivity index (χ0) is 12.8. The lowest BCUT2D eigenvalue weighted by atomic mass is 10.1. The van der Waals surface area contributed by atoms with Crippen molar-refractivity contribution >= 4 is 12.3 Å². The first-order chi connectivity index (χ1) is 8.08. The van der Waals surface area contributed by atoms with E-state index >= 15 is 0 Å². The fourth-order valence-corrected chi connectivity index (χ4v) is 1.39. The molecule has 0 saturated heterocycles. The van der Waals surface area contributed by atoms with Crippen LogP contribution in [0.3, 0.4) is 0 Å². The molecule has 0 aliphatic rings. The maximum atomic E-state index is 11.5. The highest BCUT2D eigenvalue weighted by molar-refractivity contribution is 5.96. The Bertz CT molecular complexity index is 396. The molecule has 1 heterocycles. The van der Waals surface area contributed by atoms with Gasteiger partial charge >= 0.3 is 5.97 Å². The monoisotopic (exact) mass is 238 g/mol. The summed E-state index contributed by atoms with van der Waals surface area (Å²) in [5, 5.41) is 4.08. The van der Waals surface area contributed by atoms with Crippen molar-refractivity contribution in [2.45, 2.75) is 33.7 Å². The van der Waals surface area contributed by atoms with Gasteiger partial charge < -0.3 is 4.74 Å². The van der Waals surface area contributed by atoms with E-state index in [4.69, 9.17) is 4.74 Å². The van der Waals surface area contributed by atoms with Gasteiger partial charge in [-0.25, -0.2) is 4.79 Å². The molecule has 1 aromatic heterocycles. The summed E-state index contributed by atoms with van der Waals surface area (Å²) in [6.07, 6.45) is 3.16. The number of nitrogens with zero attached hydrogens (tertiary/aromatic N) is 2. The predicted molar refractivity (Wildman–Crippen MR) is 63.0 cm³/mol. The quantitative estimate of drug-likeness (QED) is 0.561. The molecule has 0 bridgehead atoms. The van der Waals surface area contributed by atoms with Gasteiger partial charge in [-0.2, -0.15) is 5.10 Å². The molecule has 0 aromatic carbocycles. The van der Waals surface area contributed by atoms with Gasteiger partial charge in [0.15, 0.2) is 12.0 Å². The standard InChI is InChI=1S/C12H18N2O3/c1-4-17-12(16)11-10(8-15)7-14(13-11)6-5-9(2)3/h7-9H,4-6H2,1-3H3. The first kappa shape index (κ1) is 13.4. The Kier molecular flexibility index (Phi) is 4.87. The van der Waals surface area contributed by atoms with Gasteiger partial charge in [0.2, 0.25) is 0 Å². The molecule has 5 heteroatoms. The van der Waals surface area contributed by atoms with E-state index in [-0.39, 0.29) is 17.9 Å². The summed E-state index contributed by atoms with van der Waals surface area (Å²) in [6.45, 7) is 6.90. The fraction of sp³-hybridized carbons (Fsp3) is 0.583. The van der Waals surface area contributed by atoms with Crippen LogP contribution in [0.2, 0.25) is 0 Å². The maximum Gasteiger partial charge on any atom is 0.359 e. The minimum atomic E-state index is -0.544. The van der Waals surface area contributed by atoms with Crippen LogP contribution < -0.4 is 0 Å². The number of esters is 1. The van der Waals surface area contributed by atoms with Crippen molar-refractivity contribution in [1.82, 2.24) is 9.78 Å². The molecule has 0 N–H and O–H groups in total. The number of aldehydes is 1. The Hall–Kier alpha value is -1.65. The molecule has 0 radical (unpaired) electrons. The summed E-state index contributed by atoms with van der Waals surface area (Å²) in [6, 6.07) is 0. The first-order valence-electron chi connectivity index (χ1n) is 5.78. The van der Waals surface area contributed by atoms with Crippen molar-refractivity contribution in [3.05, 3.63) is 17.5 Å². The van der Waals surface area contributed by atoms with Crippen LogP contribution in [0.15, 0.2) is 6.20 Å². The van der Waals surface area contributed by atoms with Gasteiger partial charge in [0.05, 0.1) is 12.2 Å². The average molecular weight is 238 g/mol. The Balaban J connectivity index is 2.82. The zero-order valence-corrected chi connectivity index (χ0v) is 10.5. The number of rotatable bonds is 6. The average Bonchev–Trinajstić information content (AvgIpc) is 2.70. The lowest BCUT2D eigenvalue weighted by molar-refractivity contribution is 0.0516. The van der Waals surface area contributed by atoms with Crippen LogP contribution in [0.1, 0.15) is 48.0 Å². The lowest BCUT2D eigenvalue weighted by Crippen LogP contribution is -2.09. The Morgan fingerprint density at radius 3 is 2.82 bits per heavy atom. The third-order valence-corrected chi connectivity index (χ3v) is 2.32. The molecule has 17 heavy (non-hydrogen) atoms. The smallest absolute Gasteiger partial charge is 0.359 e. The van der Waals surface area contributed by atoms with Crippen molar-refractivity contribution in [2.24, 2.45) is 5.92 Å². The number of hydrogen-bond donors (Lipinski definition) is 0. The van der Waals surface area contributed by atoms with Crippen LogP contribution >= 0.6 is 0 Å². The van der Waals surface area contributed by atoms with Crippen LogP contribution in [0.5, 0.6) is 0 Å². The molecule has 0 aliphatic carbocycles. The van der Waals surface area contributed by atoms with E-state index < -0.39 is 5.97 Å². The van der Waals surface area contributed by atoms with Crippen molar-refractivity contribution in [1.29, 1.82) is 0 Å². The third kappa shape index (κ3) is 3.69. The van der Waals surface area contributed by atoms with E-state index in [1.165, 1.54) is 0 Å². The Labute approximate surface area is 101 Å². The lowest BCUT2D eigenvalue weighted by Gasteiger charge is -2.03. The number of carbonyl (C=O) groups excluding carboxylic acids is 2. The van der Waals surface area contributed by atoms with Crippen LogP contribution in [0.25, 0.3) is 0 Å². The number of carbonyl (C=O) groups is 2. The molecule has 0 atom stereocenters. The second-order valence-corrected chi connectivity index (χ2v) is 4.22. The van der Waals surface area contributed by atoms with E-state index in [0.29, 0.717) is 18.7 Å². The molecule has 0 aliphatic heterocycles. The van der Waals surface area contributed by atoms with Gasteiger partial charge in [-0.3, -0.25) is 9.48 Å². The van der Waals surface area contributed by atoms with E-state index in [9.17, 15) is 9.59 Å². The third-order valence-electron chi connectivity index (χ3n) is 2.32. The molecule has 0 spiro atoms. The molecule has 0 saturated carbocycles. The molecule has 5 nitrogen and oxygen atoms in total. The molecule has 94 valence electrons. The summed E-state index contributed by atoms with van der Waals surface area (Å²) in [5.41, 5.74) is 0.387. The van der Waals surface area contributed by atoms with Gasteiger partial charge in [0, 0.05) is 12.7 Å². The van der Waals surface area contributed by atoms with E-state index in [0.717, 1.165) is 6.42 Å². The summed E-state index contributed by atoms with van der Waals surface area (Å²) in [5.74, 6) is 0.00261. The maximum absolute atomic E-state index is 11.5. The highest BCUT2D eigenvalue weighted by atomic mass is 16.5. The van der Waals surface area contributed by atoms with Gasteiger partial charge in [0.1, 0.15) is 0 Å². The fourth-order valence-electron chi connectivity index (χ4n) is 1.39. The molecule has 0 unspecified atom stereocenters. The van der Waals surface area contributed by atoms with Gasteiger partial charge in [-0.1, -0.05) is 13.8 Å². The summed E-state index contributed by atoms with van der Waals surface area (Å²) < 4.78 is 6.46. The molecule has 0 fully saturated rings. The minimum absolute atomic E-state index is 0.102. The molecule has 1 rings (SSSR count). The topological polar surface area (TPSA) is 61.2 Å². The SMILES string of the molecule is CCOC(=O)c1nn(CCC(C)C)cc1C=O. The number of aryl methyl sites for hydroxylation is 1. The molecule has 1 aromatic rings. The van der Waals surface area contributed by atoms with Crippen LogP contribution in [-0.4, -0.2) is 28.6 Å². The summed E-state index contributed by atoms with van der Waals surface area (Å²) in [7, 11) is 0. The van der Waals surface area contributed by atoms with Crippen molar-refractivity contribution in [3.63, 3.8) is 0 Å². The highest BCUT2D eigenvalue weighted by Gasteiger charge is 2.17. The highest BCUT2D eigenvalue weighted by Crippen LogP contribution is 2.09. The summed E-state index contributed by atoms with van der Waals surface area (Å²) >= 11 is 0. The van der Waals surface area contributed by atoms with E-state index in [1.807, 2.05) is 0 Å². The minimum Gasteiger partial charge on any atom is -0.461 e. The van der Waals surface area contributed by atoms with Gasteiger partial charge in [0.25, 0.3) is 0 Å². The van der Waals surface area contributed by atoms with Crippen LogP contribution in [0, 0.1) is 5.92 Å². The first-order valence-corrected chi connectivity index (χ1v) is 5.78. The number of aromatic nitrogens is 2. The van der Waals surface area contributed by atoms with Crippen LogP contribution in [-0.2, 0) is 11.3 Å². The number of hydrogen-bond acceptors (Lipinski definition) is 4. The van der Waals surface area contributed by atoms with E-state index in [2.05, 4.69) is 18.9 Å².